The molecule has 0 radical (unpaired) electrons. The minimum absolute atomic E-state index is 0.650. The monoisotopic (exact) mass is 263 g/mol. The van der Waals surface area contributed by atoms with Crippen LogP contribution in [0.5, 0.6) is 0 Å². The van der Waals surface area contributed by atoms with Crippen LogP contribution in [0.25, 0.3) is 0 Å². The van der Waals surface area contributed by atoms with Gasteiger partial charge in [0.25, 0.3) is 0 Å². The van der Waals surface area contributed by atoms with Crippen molar-refractivity contribution in [3.8, 4) is 0 Å². The molecule has 4 saturated carbocycles. The van der Waals surface area contributed by atoms with Crippen molar-refractivity contribution in [2.45, 2.75) is 57.8 Å². The number of ether oxygens (including phenoxy) is 1. The first-order chi connectivity index (χ1) is 9.24. The lowest BCUT2D eigenvalue weighted by molar-refractivity contribution is -0.152. The summed E-state index contributed by atoms with van der Waals surface area (Å²) in [5, 5.41) is 0. The van der Waals surface area contributed by atoms with E-state index in [-0.39, 0.29) is 0 Å². The van der Waals surface area contributed by atoms with E-state index in [0.29, 0.717) is 10.8 Å². The van der Waals surface area contributed by atoms with Crippen molar-refractivity contribution in [3.05, 3.63) is 0 Å². The summed E-state index contributed by atoms with van der Waals surface area (Å²) in [5.74, 6) is 3.04. The van der Waals surface area contributed by atoms with Crippen molar-refractivity contribution in [3.63, 3.8) is 0 Å². The average molecular weight is 263 g/mol. The molecule has 5 fully saturated rings. The summed E-state index contributed by atoms with van der Waals surface area (Å²) in [5.41, 5.74) is 7.30. The third-order valence-electron chi connectivity index (χ3n) is 6.99. The predicted octanol–water partition coefficient (Wildman–Crippen LogP) is 3.35. The van der Waals surface area contributed by atoms with Crippen LogP contribution in [0, 0.1) is 28.6 Å². The fourth-order valence-electron chi connectivity index (χ4n) is 6.91. The van der Waals surface area contributed by atoms with E-state index >= 15 is 0 Å². The summed E-state index contributed by atoms with van der Waals surface area (Å²) in [6, 6.07) is 0. The molecule has 1 aliphatic heterocycles. The number of rotatable bonds is 3. The minimum Gasteiger partial charge on any atom is -0.381 e. The summed E-state index contributed by atoms with van der Waals surface area (Å²) >= 11 is 0. The van der Waals surface area contributed by atoms with Gasteiger partial charge in [-0.25, -0.2) is 0 Å². The normalized spacial score (nSPS) is 49.7. The molecule has 0 aromatic heterocycles. The molecule has 1 saturated heterocycles. The van der Waals surface area contributed by atoms with Crippen molar-refractivity contribution in [1.29, 1.82) is 0 Å². The van der Waals surface area contributed by atoms with Gasteiger partial charge in [-0.05, 0) is 92.9 Å². The van der Waals surface area contributed by atoms with Gasteiger partial charge < -0.3 is 10.5 Å². The average Bonchev–Trinajstić information content (AvgIpc) is 2.38. The highest BCUT2D eigenvalue weighted by Crippen LogP contribution is 2.69. The molecule has 108 valence electrons. The molecule has 2 nitrogen and oxygen atoms in total. The second-order valence-electron chi connectivity index (χ2n) is 8.25. The van der Waals surface area contributed by atoms with Gasteiger partial charge in [0.05, 0.1) is 0 Å². The Hall–Kier alpha value is -0.0800. The van der Waals surface area contributed by atoms with Gasteiger partial charge in [0.1, 0.15) is 0 Å². The number of hydrogen-bond donors (Lipinski definition) is 1. The van der Waals surface area contributed by atoms with E-state index in [1.807, 2.05) is 0 Å². The molecule has 5 rings (SSSR count). The van der Waals surface area contributed by atoms with E-state index in [9.17, 15) is 0 Å². The Morgan fingerprint density at radius 3 is 2.32 bits per heavy atom. The summed E-state index contributed by atoms with van der Waals surface area (Å²) < 4.78 is 5.62. The molecule has 1 heterocycles. The Morgan fingerprint density at radius 1 is 1.00 bits per heavy atom. The second kappa shape index (κ2) is 4.46. The number of nitrogens with two attached hydrogens (primary N) is 1. The topological polar surface area (TPSA) is 35.2 Å². The van der Waals surface area contributed by atoms with Crippen molar-refractivity contribution >= 4 is 0 Å². The second-order valence-corrected chi connectivity index (χ2v) is 8.25. The highest BCUT2D eigenvalue weighted by atomic mass is 16.5. The fourth-order valence-corrected chi connectivity index (χ4v) is 6.91. The number of hydrogen-bond acceptors (Lipinski definition) is 2. The van der Waals surface area contributed by atoms with Crippen molar-refractivity contribution in [1.82, 2.24) is 0 Å². The van der Waals surface area contributed by atoms with Crippen LogP contribution in [0.15, 0.2) is 0 Å². The molecular formula is C17H29NO. The lowest BCUT2D eigenvalue weighted by atomic mass is 9.40. The van der Waals surface area contributed by atoms with Crippen LogP contribution in [0.2, 0.25) is 0 Å². The minimum atomic E-state index is 0.650. The molecule has 4 bridgehead atoms. The third kappa shape index (κ3) is 1.98. The van der Waals surface area contributed by atoms with Crippen LogP contribution in [0.1, 0.15) is 57.8 Å². The zero-order chi connectivity index (χ0) is 12.9. The molecular weight excluding hydrogens is 234 g/mol. The van der Waals surface area contributed by atoms with Crippen molar-refractivity contribution < 1.29 is 4.74 Å². The predicted molar refractivity (Wildman–Crippen MR) is 76.8 cm³/mol. The molecule has 0 aromatic carbocycles. The van der Waals surface area contributed by atoms with Crippen molar-refractivity contribution in [2.24, 2.45) is 34.3 Å². The van der Waals surface area contributed by atoms with E-state index in [0.717, 1.165) is 37.5 Å². The summed E-state index contributed by atoms with van der Waals surface area (Å²) in [6.07, 6.45) is 13.1. The standard InChI is InChI=1S/C17H29NO/c18-4-3-16-8-13-7-14(9-16)11-17(10-13,12-16)15-1-5-19-6-2-15/h13-15H,1-12,18H2. The highest BCUT2D eigenvalue weighted by Gasteiger charge is 2.59. The molecule has 2 unspecified atom stereocenters. The zero-order valence-electron chi connectivity index (χ0n) is 12.2. The molecule has 2 heteroatoms. The fraction of sp³-hybridized carbons (Fsp3) is 1.00. The third-order valence-corrected chi connectivity index (χ3v) is 6.99. The van der Waals surface area contributed by atoms with E-state index in [2.05, 4.69) is 0 Å². The van der Waals surface area contributed by atoms with E-state index in [4.69, 9.17) is 10.5 Å². The SMILES string of the molecule is NCCC12CC3CC(C1)CC(C1CCOCC1)(C3)C2. The first-order valence-corrected chi connectivity index (χ1v) is 8.52. The Morgan fingerprint density at radius 2 is 1.68 bits per heavy atom. The van der Waals surface area contributed by atoms with E-state index in [1.54, 1.807) is 12.8 Å². The van der Waals surface area contributed by atoms with Gasteiger partial charge in [-0.3, -0.25) is 0 Å². The van der Waals surface area contributed by atoms with Gasteiger partial charge >= 0.3 is 0 Å². The maximum Gasteiger partial charge on any atom is 0.0468 e. The van der Waals surface area contributed by atoms with Crippen LogP contribution in [0.4, 0.5) is 0 Å². The van der Waals surface area contributed by atoms with E-state index in [1.165, 1.54) is 44.9 Å². The smallest absolute Gasteiger partial charge is 0.0468 e. The lowest BCUT2D eigenvalue weighted by Gasteiger charge is -2.65. The Labute approximate surface area is 117 Å². The molecule has 2 atom stereocenters. The lowest BCUT2D eigenvalue weighted by Crippen LogP contribution is -2.55. The quantitative estimate of drug-likeness (QED) is 0.847. The first-order valence-electron chi connectivity index (χ1n) is 8.52. The van der Waals surface area contributed by atoms with Crippen LogP contribution in [0.3, 0.4) is 0 Å². The van der Waals surface area contributed by atoms with Crippen LogP contribution in [-0.2, 0) is 4.74 Å². The summed E-state index contributed by atoms with van der Waals surface area (Å²) in [6.45, 7) is 2.95. The van der Waals surface area contributed by atoms with Gasteiger partial charge in [0, 0.05) is 13.2 Å². The van der Waals surface area contributed by atoms with Crippen LogP contribution >= 0.6 is 0 Å². The first kappa shape index (κ1) is 12.6. The van der Waals surface area contributed by atoms with Crippen LogP contribution < -0.4 is 5.73 Å². The molecule has 5 aliphatic rings. The van der Waals surface area contributed by atoms with Gasteiger partial charge in [-0.2, -0.15) is 0 Å². The van der Waals surface area contributed by atoms with Gasteiger partial charge in [0.2, 0.25) is 0 Å². The maximum atomic E-state index is 5.95. The summed E-state index contributed by atoms with van der Waals surface area (Å²) in [4.78, 5) is 0. The maximum absolute atomic E-state index is 5.95. The molecule has 19 heavy (non-hydrogen) atoms. The van der Waals surface area contributed by atoms with Crippen LogP contribution in [-0.4, -0.2) is 19.8 Å². The largest absolute Gasteiger partial charge is 0.381 e. The molecule has 0 aromatic rings. The van der Waals surface area contributed by atoms with Crippen molar-refractivity contribution in [2.75, 3.05) is 19.8 Å². The molecule has 0 amide bonds. The molecule has 4 aliphatic carbocycles. The molecule has 2 N–H and O–H groups in total. The Bertz CT molecular complexity index is 333. The highest BCUT2D eigenvalue weighted by molar-refractivity contribution is 5.09. The van der Waals surface area contributed by atoms with E-state index < -0.39 is 0 Å². The van der Waals surface area contributed by atoms with Gasteiger partial charge in [-0.15, -0.1) is 0 Å². The zero-order valence-corrected chi connectivity index (χ0v) is 12.2. The Balaban J connectivity index is 1.62. The Kier molecular flexibility index (Phi) is 2.97. The van der Waals surface area contributed by atoms with Gasteiger partial charge in [0.15, 0.2) is 0 Å². The summed E-state index contributed by atoms with van der Waals surface area (Å²) in [7, 11) is 0. The molecule has 0 spiro atoms. The van der Waals surface area contributed by atoms with Gasteiger partial charge in [-0.1, -0.05) is 0 Å².